The maximum Gasteiger partial charge on any atom is 0.264 e. The van der Waals surface area contributed by atoms with Gasteiger partial charge < -0.3 is 19.7 Å². The largest absolute Gasteiger partial charge is 0.497 e. The van der Waals surface area contributed by atoms with E-state index < -0.39 is 28.5 Å². The highest BCUT2D eigenvalue weighted by atomic mass is 32.2. The number of amides is 2. The van der Waals surface area contributed by atoms with Crippen molar-refractivity contribution in [1.82, 2.24) is 10.2 Å². The van der Waals surface area contributed by atoms with Crippen molar-refractivity contribution in [2.45, 2.75) is 50.7 Å². The molecule has 3 aromatic rings. The maximum atomic E-state index is 13.9. The quantitative estimate of drug-likeness (QED) is 0.332. The first kappa shape index (κ1) is 30.5. The van der Waals surface area contributed by atoms with E-state index in [-0.39, 0.29) is 23.4 Å². The Morgan fingerprint density at radius 2 is 1.40 bits per heavy atom. The lowest BCUT2D eigenvalue weighted by Gasteiger charge is -2.32. The molecule has 0 bridgehead atoms. The van der Waals surface area contributed by atoms with Crippen molar-refractivity contribution >= 4 is 27.5 Å². The lowest BCUT2D eigenvalue weighted by atomic mass is 10.1. The van der Waals surface area contributed by atoms with Crippen LogP contribution in [-0.4, -0.2) is 58.0 Å². The molecular formula is C30H37N3O6S. The molecule has 214 valence electrons. The Morgan fingerprint density at radius 1 is 0.850 bits per heavy atom. The van der Waals surface area contributed by atoms with Gasteiger partial charge in [-0.3, -0.25) is 13.9 Å². The molecule has 0 unspecified atom stereocenters. The van der Waals surface area contributed by atoms with E-state index >= 15 is 0 Å². The van der Waals surface area contributed by atoms with Gasteiger partial charge in [-0.1, -0.05) is 37.3 Å². The van der Waals surface area contributed by atoms with Gasteiger partial charge in [0.25, 0.3) is 10.0 Å². The van der Waals surface area contributed by atoms with E-state index in [1.807, 2.05) is 26.0 Å². The van der Waals surface area contributed by atoms with Crippen LogP contribution in [0.3, 0.4) is 0 Å². The fourth-order valence-electron chi connectivity index (χ4n) is 3.97. The van der Waals surface area contributed by atoms with Gasteiger partial charge in [-0.15, -0.1) is 0 Å². The minimum atomic E-state index is -4.15. The minimum absolute atomic E-state index is 0.00854. The average Bonchev–Trinajstić information content (AvgIpc) is 2.98. The number of hydrogen-bond acceptors (Lipinski definition) is 6. The number of anilines is 1. The van der Waals surface area contributed by atoms with Crippen LogP contribution < -0.4 is 19.1 Å². The number of carbonyl (C=O) groups is 2. The number of nitrogens with one attached hydrogen (secondary N) is 1. The molecule has 0 spiro atoms. The van der Waals surface area contributed by atoms with Gasteiger partial charge >= 0.3 is 0 Å². The van der Waals surface area contributed by atoms with E-state index in [1.54, 1.807) is 68.6 Å². The number of rotatable bonds is 13. The van der Waals surface area contributed by atoms with Crippen molar-refractivity contribution in [3.05, 3.63) is 84.4 Å². The van der Waals surface area contributed by atoms with Crippen LogP contribution in [0.2, 0.25) is 0 Å². The summed E-state index contributed by atoms with van der Waals surface area (Å²) in [6, 6.07) is 20.6. The topological polar surface area (TPSA) is 105 Å². The third-order valence-electron chi connectivity index (χ3n) is 6.65. The normalized spacial score (nSPS) is 12.6. The van der Waals surface area contributed by atoms with Crippen molar-refractivity contribution < 1.29 is 27.5 Å². The van der Waals surface area contributed by atoms with Gasteiger partial charge in [0, 0.05) is 12.6 Å². The van der Waals surface area contributed by atoms with Crippen molar-refractivity contribution in [1.29, 1.82) is 0 Å². The number of methoxy groups -OCH3 is 2. The highest BCUT2D eigenvalue weighted by Crippen LogP contribution is 2.26. The minimum Gasteiger partial charge on any atom is -0.497 e. The lowest BCUT2D eigenvalue weighted by Crippen LogP contribution is -2.52. The lowest BCUT2D eigenvalue weighted by molar-refractivity contribution is -0.139. The van der Waals surface area contributed by atoms with E-state index in [0.717, 1.165) is 16.3 Å². The smallest absolute Gasteiger partial charge is 0.264 e. The van der Waals surface area contributed by atoms with Gasteiger partial charge in [-0.05, 0) is 74.4 Å². The van der Waals surface area contributed by atoms with E-state index in [9.17, 15) is 18.0 Å². The second kappa shape index (κ2) is 13.8. The first-order chi connectivity index (χ1) is 19.1. The van der Waals surface area contributed by atoms with Crippen molar-refractivity contribution in [3.63, 3.8) is 0 Å². The Balaban J connectivity index is 1.99. The van der Waals surface area contributed by atoms with Gasteiger partial charge in [0.1, 0.15) is 24.1 Å². The van der Waals surface area contributed by atoms with Crippen LogP contribution in [-0.2, 0) is 26.2 Å². The van der Waals surface area contributed by atoms with Crippen LogP contribution in [0.25, 0.3) is 0 Å². The summed E-state index contributed by atoms with van der Waals surface area (Å²) in [5.41, 5.74) is 1.09. The summed E-state index contributed by atoms with van der Waals surface area (Å²) in [7, 11) is -1.09. The summed E-state index contributed by atoms with van der Waals surface area (Å²) in [4.78, 5) is 28.5. The molecular weight excluding hydrogens is 530 g/mol. The Morgan fingerprint density at radius 3 is 1.93 bits per heavy atom. The highest BCUT2D eigenvalue weighted by Gasteiger charge is 2.32. The molecule has 0 fully saturated rings. The average molecular weight is 568 g/mol. The zero-order chi connectivity index (χ0) is 29.3. The number of benzene rings is 3. The Bertz CT molecular complexity index is 1360. The molecule has 10 heteroatoms. The van der Waals surface area contributed by atoms with E-state index in [1.165, 1.54) is 24.1 Å². The Hall–Kier alpha value is -4.05. The molecule has 0 saturated heterocycles. The van der Waals surface area contributed by atoms with Gasteiger partial charge in [-0.2, -0.15) is 0 Å². The fraction of sp³-hybridized carbons (Fsp3) is 0.333. The molecule has 0 aromatic heterocycles. The fourth-order valence-corrected chi connectivity index (χ4v) is 5.39. The maximum absolute atomic E-state index is 13.9. The van der Waals surface area contributed by atoms with E-state index in [4.69, 9.17) is 9.47 Å². The third kappa shape index (κ3) is 7.53. The summed E-state index contributed by atoms with van der Waals surface area (Å²) in [5, 5.41) is 2.92. The van der Waals surface area contributed by atoms with Crippen LogP contribution >= 0.6 is 0 Å². The molecule has 0 aliphatic carbocycles. The van der Waals surface area contributed by atoms with Crippen molar-refractivity contribution in [3.8, 4) is 11.5 Å². The number of nitrogens with zero attached hydrogens (tertiary/aromatic N) is 2. The first-order valence-electron chi connectivity index (χ1n) is 13.0. The molecule has 3 rings (SSSR count). The summed E-state index contributed by atoms with van der Waals surface area (Å²) in [6.45, 7) is 5.08. The summed E-state index contributed by atoms with van der Waals surface area (Å²) in [6.07, 6.45) is 0.729. The number of para-hydroxylation sites is 1. The second-order valence-electron chi connectivity index (χ2n) is 9.39. The standard InChI is InChI=1S/C30H37N3O6S/c1-6-22(2)31-30(35)23(3)32(20-24-12-14-26(38-4)15-13-24)29(34)21-33(25-10-8-7-9-11-25)40(36,37)28-18-16-27(39-5)17-19-28/h7-19,22-23H,6,20-21H2,1-5H3,(H,31,35)/t22-,23+/m1/s1. The summed E-state index contributed by atoms with van der Waals surface area (Å²) < 4.78 is 39.1. The van der Waals surface area contributed by atoms with E-state index in [0.29, 0.717) is 17.2 Å². The Kier molecular flexibility index (Phi) is 10.6. The molecule has 0 radical (unpaired) electrons. The van der Waals surface area contributed by atoms with Crippen molar-refractivity contribution in [2.75, 3.05) is 25.1 Å². The van der Waals surface area contributed by atoms with Crippen LogP contribution in [0.1, 0.15) is 32.8 Å². The van der Waals surface area contributed by atoms with Gasteiger partial charge in [0.05, 0.1) is 24.8 Å². The van der Waals surface area contributed by atoms with Gasteiger partial charge in [0.2, 0.25) is 11.8 Å². The molecule has 3 aromatic carbocycles. The highest BCUT2D eigenvalue weighted by molar-refractivity contribution is 7.92. The van der Waals surface area contributed by atoms with E-state index in [2.05, 4.69) is 5.32 Å². The second-order valence-corrected chi connectivity index (χ2v) is 11.2. The van der Waals surface area contributed by atoms with Crippen LogP contribution in [0.4, 0.5) is 5.69 Å². The zero-order valence-corrected chi connectivity index (χ0v) is 24.4. The molecule has 2 atom stereocenters. The molecule has 0 aliphatic heterocycles. The molecule has 1 N–H and O–H groups in total. The number of carbonyl (C=O) groups excluding carboxylic acids is 2. The first-order valence-corrected chi connectivity index (χ1v) is 14.5. The summed E-state index contributed by atoms with van der Waals surface area (Å²) >= 11 is 0. The molecule has 0 saturated carbocycles. The third-order valence-corrected chi connectivity index (χ3v) is 8.44. The van der Waals surface area contributed by atoms with Crippen LogP contribution in [0.5, 0.6) is 11.5 Å². The van der Waals surface area contributed by atoms with Gasteiger partial charge in [0.15, 0.2) is 0 Å². The SMILES string of the molecule is CC[C@@H](C)NC(=O)[C@H](C)N(Cc1ccc(OC)cc1)C(=O)CN(c1ccccc1)S(=O)(=O)c1ccc(OC)cc1. The summed E-state index contributed by atoms with van der Waals surface area (Å²) in [5.74, 6) is 0.321. The zero-order valence-electron chi connectivity index (χ0n) is 23.5. The molecule has 40 heavy (non-hydrogen) atoms. The predicted octanol–water partition coefficient (Wildman–Crippen LogP) is 4.23. The number of hydrogen-bond donors (Lipinski definition) is 1. The monoisotopic (exact) mass is 567 g/mol. The van der Waals surface area contributed by atoms with Gasteiger partial charge in [-0.25, -0.2) is 8.42 Å². The molecule has 9 nitrogen and oxygen atoms in total. The molecule has 2 amide bonds. The van der Waals surface area contributed by atoms with Crippen molar-refractivity contribution in [2.24, 2.45) is 0 Å². The predicted molar refractivity (Wildman–Crippen MR) is 155 cm³/mol. The number of sulfonamides is 1. The molecule has 0 aliphatic rings. The number of ether oxygens (including phenoxy) is 2. The Labute approximate surface area is 236 Å². The van der Waals surface area contributed by atoms with Crippen LogP contribution in [0, 0.1) is 0 Å². The molecule has 0 heterocycles. The van der Waals surface area contributed by atoms with Crippen LogP contribution in [0.15, 0.2) is 83.8 Å².